The number of carbonyl (C=O) groups excluding carboxylic acids is 1. The van der Waals surface area contributed by atoms with E-state index in [-0.39, 0.29) is 5.78 Å². The van der Waals surface area contributed by atoms with Gasteiger partial charge in [-0.1, -0.05) is 27.8 Å². The fraction of sp³-hybridized carbons (Fsp3) is 0.182. The van der Waals surface area contributed by atoms with E-state index >= 15 is 0 Å². The highest BCUT2D eigenvalue weighted by Crippen LogP contribution is 2.10. The predicted molar refractivity (Wildman–Crippen MR) is 57.1 cm³/mol. The van der Waals surface area contributed by atoms with E-state index in [0.717, 1.165) is 0 Å². The lowest BCUT2D eigenvalue weighted by Crippen LogP contribution is -1.97. The van der Waals surface area contributed by atoms with Crippen molar-refractivity contribution in [1.82, 2.24) is 0 Å². The first kappa shape index (κ1) is 10.9. The zero-order valence-electron chi connectivity index (χ0n) is 7.60. The van der Waals surface area contributed by atoms with Crippen LogP contribution >= 0.6 is 15.9 Å². The topological polar surface area (TPSA) is 17.1 Å². The molecule has 0 aliphatic rings. The molecule has 0 saturated carbocycles. The third kappa shape index (κ3) is 2.68. The van der Waals surface area contributed by atoms with Gasteiger partial charge in [-0.25, -0.2) is 4.39 Å². The largest absolute Gasteiger partial charge is 0.294 e. The van der Waals surface area contributed by atoms with Crippen LogP contribution in [0.2, 0.25) is 0 Å². The molecule has 0 aliphatic heterocycles. The van der Waals surface area contributed by atoms with Gasteiger partial charge in [-0.2, -0.15) is 0 Å². The Labute approximate surface area is 90.4 Å². The summed E-state index contributed by atoms with van der Waals surface area (Å²) in [4.78, 5) is 11.1. The molecule has 0 N–H and O–H groups in total. The van der Waals surface area contributed by atoms with Gasteiger partial charge in [0.15, 0.2) is 5.78 Å². The van der Waals surface area contributed by atoms with E-state index in [1.807, 2.05) is 0 Å². The van der Waals surface area contributed by atoms with Crippen molar-refractivity contribution in [3.63, 3.8) is 0 Å². The van der Waals surface area contributed by atoms with Crippen LogP contribution in [0.3, 0.4) is 0 Å². The molecule has 3 heteroatoms. The maximum atomic E-state index is 12.8. The molecule has 0 heterocycles. The summed E-state index contributed by atoms with van der Waals surface area (Å²) < 4.78 is 12.8. The highest BCUT2D eigenvalue weighted by Gasteiger charge is 2.06. The second kappa shape index (κ2) is 4.92. The Morgan fingerprint density at radius 3 is 2.86 bits per heavy atom. The standard InChI is InChI=1S/C11H8BrFO/c1-8(14)11-7-10(13)5-4-9(11)3-2-6-12/h4-5,7H,6H2,1H3. The average molecular weight is 255 g/mol. The van der Waals surface area contributed by atoms with Crippen LogP contribution in [0, 0.1) is 17.7 Å². The minimum absolute atomic E-state index is 0.177. The summed E-state index contributed by atoms with van der Waals surface area (Å²) in [7, 11) is 0. The van der Waals surface area contributed by atoms with Crippen LogP contribution in [-0.4, -0.2) is 11.1 Å². The van der Waals surface area contributed by atoms with Gasteiger partial charge in [-0.05, 0) is 25.1 Å². The first-order valence-corrected chi connectivity index (χ1v) is 5.12. The third-order valence-corrected chi connectivity index (χ3v) is 1.93. The van der Waals surface area contributed by atoms with Gasteiger partial charge in [-0.3, -0.25) is 4.79 Å². The average Bonchev–Trinajstić information content (AvgIpc) is 2.15. The molecule has 0 spiro atoms. The number of halogens is 2. The highest BCUT2D eigenvalue weighted by molar-refractivity contribution is 9.09. The number of carbonyl (C=O) groups is 1. The smallest absolute Gasteiger partial charge is 0.161 e. The van der Waals surface area contributed by atoms with Crippen LogP contribution < -0.4 is 0 Å². The van der Waals surface area contributed by atoms with Crippen molar-refractivity contribution in [2.75, 3.05) is 5.33 Å². The summed E-state index contributed by atoms with van der Waals surface area (Å²) in [6.07, 6.45) is 0. The van der Waals surface area contributed by atoms with Gasteiger partial charge in [0.25, 0.3) is 0 Å². The normalized spacial score (nSPS) is 9.07. The van der Waals surface area contributed by atoms with Crippen molar-refractivity contribution in [2.24, 2.45) is 0 Å². The molecule has 0 bridgehead atoms. The number of rotatable bonds is 1. The van der Waals surface area contributed by atoms with Crippen molar-refractivity contribution in [3.05, 3.63) is 35.1 Å². The number of ketones is 1. The summed E-state index contributed by atoms with van der Waals surface area (Å²) in [6, 6.07) is 4.02. The Morgan fingerprint density at radius 1 is 1.57 bits per heavy atom. The summed E-state index contributed by atoms with van der Waals surface area (Å²) in [5, 5.41) is 0.529. The van der Waals surface area contributed by atoms with Crippen molar-refractivity contribution < 1.29 is 9.18 Å². The molecule has 0 aromatic heterocycles. The monoisotopic (exact) mass is 254 g/mol. The lowest BCUT2D eigenvalue weighted by atomic mass is 10.0. The molecule has 1 aromatic rings. The van der Waals surface area contributed by atoms with Crippen LogP contribution in [-0.2, 0) is 0 Å². The van der Waals surface area contributed by atoms with Gasteiger partial charge in [-0.15, -0.1) is 0 Å². The molecule has 1 nitrogen and oxygen atoms in total. The van der Waals surface area contributed by atoms with Crippen LogP contribution in [0.15, 0.2) is 18.2 Å². The lowest BCUT2D eigenvalue weighted by molar-refractivity contribution is 0.101. The second-order valence-electron chi connectivity index (χ2n) is 2.68. The molecule has 0 unspecified atom stereocenters. The Bertz CT molecular complexity index is 415. The van der Waals surface area contributed by atoms with E-state index in [1.165, 1.54) is 25.1 Å². The maximum Gasteiger partial charge on any atom is 0.161 e. The number of hydrogen-bond acceptors (Lipinski definition) is 1. The van der Waals surface area contributed by atoms with Crippen LogP contribution in [0.25, 0.3) is 0 Å². The van der Waals surface area contributed by atoms with Crippen molar-refractivity contribution in [1.29, 1.82) is 0 Å². The minimum atomic E-state index is -0.417. The molecule has 0 amide bonds. The Balaban J connectivity index is 3.22. The zero-order valence-corrected chi connectivity index (χ0v) is 9.19. The molecule has 0 radical (unpaired) electrons. The second-order valence-corrected chi connectivity index (χ2v) is 3.24. The summed E-state index contributed by atoms with van der Waals surface area (Å²) in [5.74, 6) is 4.96. The number of hydrogen-bond donors (Lipinski definition) is 0. The summed E-state index contributed by atoms with van der Waals surface area (Å²) >= 11 is 3.15. The van der Waals surface area contributed by atoms with E-state index in [4.69, 9.17) is 0 Å². The third-order valence-electron chi connectivity index (χ3n) is 1.65. The molecular formula is C11H8BrFO. The molecule has 0 saturated heterocycles. The van der Waals surface area contributed by atoms with E-state index in [0.29, 0.717) is 16.5 Å². The Hall–Kier alpha value is -1.14. The molecular weight excluding hydrogens is 247 g/mol. The van der Waals surface area contributed by atoms with Gasteiger partial charge < -0.3 is 0 Å². The van der Waals surface area contributed by atoms with Gasteiger partial charge >= 0.3 is 0 Å². The fourth-order valence-electron chi connectivity index (χ4n) is 1.05. The quantitative estimate of drug-likeness (QED) is 0.428. The highest BCUT2D eigenvalue weighted by atomic mass is 79.9. The number of Topliss-reactive ketones (excluding diaryl/α,β-unsaturated/α-hetero) is 1. The van der Waals surface area contributed by atoms with E-state index in [2.05, 4.69) is 27.8 Å². The van der Waals surface area contributed by atoms with Crippen molar-refractivity contribution >= 4 is 21.7 Å². The summed E-state index contributed by atoms with van der Waals surface area (Å²) in [5.41, 5.74) is 0.900. The number of alkyl halides is 1. The first-order chi connectivity index (χ1) is 6.65. The number of benzene rings is 1. The van der Waals surface area contributed by atoms with Crippen LogP contribution in [0.4, 0.5) is 4.39 Å². The molecule has 0 aliphatic carbocycles. The van der Waals surface area contributed by atoms with E-state index in [9.17, 15) is 9.18 Å². The predicted octanol–water partition coefficient (Wildman–Crippen LogP) is 2.77. The zero-order chi connectivity index (χ0) is 10.6. The van der Waals surface area contributed by atoms with Gasteiger partial charge in [0, 0.05) is 11.1 Å². The Kier molecular flexibility index (Phi) is 3.84. The molecule has 14 heavy (non-hydrogen) atoms. The lowest BCUT2D eigenvalue weighted by Gasteiger charge is -1.99. The van der Waals surface area contributed by atoms with Gasteiger partial charge in [0.05, 0.1) is 5.33 Å². The summed E-state index contributed by atoms with van der Waals surface area (Å²) in [6.45, 7) is 1.40. The van der Waals surface area contributed by atoms with E-state index < -0.39 is 5.82 Å². The molecule has 0 fully saturated rings. The first-order valence-electron chi connectivity index (χ1n) is 4.00. The van der Waals surface area contributed by atoms with Crippen molar-refractivity contribution in [3.8, 4) is 11.8 Å². The SMILES string of the molecule is CC(=O)c1cc(F)ccc1C#CCBr. The molecule has 72 valence electrons. The molecule has 0 atom stereocenters. The van der Waals surface area contributed by atoms with Crippen molar-refractivity contribution in [2.45, 2.75) is 6.92 Å². The molecule has 1 rings (SSSR count). The van der Waals surface area contributed by atoms with Crippen LogP contribution in [0.1, 0.15) is 22.8 Å². The van der Waals surface area contributed by atoms with E-state index in [1.54, 1.807) is 0 Å². The van der Waals surface area contributed by atoms with Crippen LogP contribution in [0.5, 0.6) is 0 Å². The van der Waals surface area contributed by atoms with Gasteiger partial charge in [0.1, 0.15) is 5.82 Å². The maximum absolute atomic E-state index is 12.8. The molecule has 1 aromatic carbocycles. The fourth-order valence-corrected chi connectivity index (χ4v) is 1.19. The Morgan fingerprint density at radius 2 is 2.29 bits per heavy atom. The minimum Gasteiger partial charge on any atom is -0.294 e. The van der Waals surface area contributed by atoms with Gasteiger partial charge in [0.2, 0.25) is 0 Å².